The van der Waals surface area contributed by atoms with E-state index in [1.165, 1.54) is 6.07 Å². The quantitative estimate of drug-likeness (QED) is 0.362. The fourth-order valence-corrected chi connectivity index (χ4v) is 3.98. The van der Waals surface area contributed by atoms with Crippen LogP contribution < -0.4 is 20.3 Å². The SMILES string of the molecule is CCOc1ccccc1NC(=O)c1ccc(NC2=C(Cl)C(=O)N(c3cccc(Cl)c3Cl)C2=O)cc1. The summed E-state index contributed by atoms with van der Waals surface area (Å²) in [5, 5.41) is 5.63. The molecule has 4 rings (SSSR count). The zero-order valence-electron chi connectivity index (χ0n) is 18.3. The van der Waals surface area contributed by atoms with Crippen molar-refractivity contribution >= 4 is 69.6 Å². The van der Waals surface area contributed by atoms with Crippen LogP contribution in [0, 0.1) is 0 Å². The monoisotopic (exact) mass is 529 g/mol. The van der Waals surface area contributed by atoms with Gasteiger partial charge in [-0.05, 0) is 55.5 Å². The number of rotatable bonds is 7. The summed E-state index contributed by atoms with van der Waals surface area (Å²) < 4.78 is 5.53. The Hall–Kier alpha value is -3.52. The number of carbonyl (C=O) groups is 3. The van der Waals surface area contributed by atoms with Gasteiger partial charge in [-0.1, -0.05) is 53.0 Å². The van der Waals surface area contributed by atoms with Gasteiger partial charge < -0.3 is 15.4 Å². The van der Waals surface area contributed by atoms with Crippen molar-refractivity contribution in [3.05, 3.63) is 93.1 Å². The normalized spacial score (nSPS) is 13.3. The number of carbonyl (C=O) groups excluding carboxylic acids is 3. The zero-order valence-corrected chi connectivity index (χ0v) is 20.5. The first-order valence-electron chi connectivity index (χ1n) is 10.4. The van der Waals surface area contributed by atoms with Gasteiger partial charge in [0.25, 0.3) is 17.7 Å². The lowest BCUT2D eigenvalue weighted by Gasteiger charge is -2.17. The summed E-state index contributed by atoms with van der Waals surface area (Å²) in [7, 11) is 0. The second-order valence-electron chi connectivity index (χ2n) is 7.29. The first-order chi connectivity index (χ1) is 16.8. The molecule has 3 aromatic rings. The molecule has 0 atom stereocenters. The van der Waals surface area contributed by atoms with Gasteiger partial charge >= 0.3 is 0 Å². The molecule has 0 aliphatic carbocycles. The third-order valence-corrected chi connectivity index (χ3v) is 6.21. The molecule has 1 aliphatic heterocycles. The molecule has 0 saturated heterocycles. The molecule has 1 aliphatic rings. The summed E-state index contributed by atoms with van der Waals surface area (Å²) in [5.74, 6) is -1.18. The predicted molar refractivity (Wildman–Crippen MR) is 137 cm³/mol. The van der Waals surface area contributed by atoms with Crippen LogP contribution in [0.2, 0.25) is 10.0 Å². The van der Waals surface area contributed by atoms with E-state index in [2.05, 4.69) is 10.6 Å². The Balaban J connectivity index is 1.50. The topological polar surface area (TPSA) is 87.7 Å². The van der Waals surface area contributed by atoms with E-state index >= 15 is 0 Å². The molecule has 3 aromatic carbocycles. The van der Waals surface area contributed by atoms with E-state index in [9.17, 15) is 14.4 Å². The van der Waals surface area contributed by atoms with Gasteiger partial charge in [-0.2, -0.15) is 0 Å². The highest BCUT2D eigenvalue weighted by Gasteiger charge is 2.40. The number of ether oxygens (including phenoxy) is 1. The number of para-hydroxylation sites is 2. The molecular formula is C25H18Cl3N3O4. The molecule has 0 bridgehead atoms. The largest absolute Gasteiger partial charge is 0.492 e. The van der Waals surface area contributed by atoms with E-state index in [-0.39, 0.29) is 32.4 Å². The molecule has 0 aromatic heterocycles. The summed E-state index contributed by atoms with van der Waals surface area (Å²) in [5.41, 5.74) is 1.39. The second-order valence-corrected chi connectivity index (χ2v) is 8.46. The molecule has 0 fully saturated rings. The number of benzene rings is 3. The Kier molecular flexibility index (Phi) is 7.31. The van der Waals surface area contributed by atoms with Crippen LogP contribution in [0.15, 0.2) is 77.5 Å². The maximum absolute atomic E-state index is 13.0. The number of amides is 3. The maximum atomic E-state index is 13.0. The molecule has 10 heteroatoms. The summed E-state index contributed by atoms with van der Waals surface area (Å²) in [6, 6.07) is 18.1. The molecule has 0 unspecified atom stereocenters. The molecule has 0 spiro atoms. The Labute approximate surface area is 216 Å². The number of halogens is 3. The fraction of sp³-hybridized carbons (Fsp3) is 0.0800. The molecular weight excluding hydrogens is 513 g/mol. The minimum Gasteiger partial charge on any atom is -0.492 e. The smallest absolute Gasteiger partial charge is 0.283 e. The molecule has 0 saturated carbocycles. The van der Waals surface area contributed by atoms with Crippen molar-refractivity contribution in [3.63, 3.8) is 0 Å². The molecule has 7 nitrogen and oxygen atoms in total. The van der Waals surface area contributed by atoms with Crippen molar-refractivity contribution in [1.82, 2.24) is 0 Å². The standard InChI is InChI=1S/C25H18Cl3N3O4/c1-2-35-19-9-4-3-7-17(19)30-23(32)14-10-12-15(13-11-14)29-22-21(28)24(33)31(25(22)34)18-8-5-6-16(26)20(18)27/h3-13,29H,2H2,1H3,(H,30,32). The molecule has 0 radical (unpaired) electrons. The summed E-state index contributed by atoms with van der Waals surface area (Å²) in [4.78, 5) is 39.2. The van der Waals surface area contributed by atoms with Gasteiger partial charge in [0.05, 0.1) is 28.0 Å². The summed E-state index contributed by atoms with van der Waals surface area (Å²) >= 11 is 18.4. The lowest BCUT2D eigenvalue weighted by atomic mass is 10.1. The maximum Gasteiger partial charge on any atom is 0.283 e. The van der Waals surface area contributed by atoms with Crippen molar-refractivity contribution in [2.45, 2.75) is 6.92 Å². The molecule has 178 valence electrons. The Bertz CT molecular complexity index is 1360. The zero-order chi connectivity index (χ0) is 25.1. The first kappa shape index (κ1) is 24.6. The van der Waals surface area contributed by atoms with E-state index in [1.54, 1.807) is 54.6 Å². The van der Waals surface area contributed by atoms with E-state index in [4.69, 9.17) is 39.5 Å². The van der Waals surface area contributed by atoms with Crippen LogP contribution in [-0.2, 0) is 9.59 Å². The van der Waals surface area contributed by atoms with Crippen LogP contribution in [0.3, 0.4) is 0 Å². The highest BCUT2D eigenvalue weighted by Crippen LogP contribution is 2.37. The van der Waals surface area contributed by atoms with Crippen LogP contribution in [0.4, 0.5) is 17.1 Å². The molecule has 35 heavy (non-hydrogen) atoms. The van der Waals surface area contributed by atoms with Gasteiger partial charge in [-0.25, -0.2) is 4.90 Å². The number of nitrogens with one attached hydrogen (secondary N) is 2. The number of hydrogen-bond acceptors (Lipinski definition) is 5. The fourth-order valence-electron chi connectivity index (χ4n) is 3.39. The van der Waals surface area contributed by atoms with Crippen LogP contribution in [-0.4, -0.2) is 24.3 Å². The van der Waals surface area contributed by atoms with Crippen LogP contribution in [0.5, 0.6) is 5.75 Å². The van der Waals surface area contributed by atoms with Crippen molar-refractivity contribution in [1.29, 1.82) is 0 Å². The van der Waals surface area contributed by atoms with Gasteiger partial charge in [0.1, 0.15) is 16.5 Å². The molecule has 1 heterocycles. The van der Waals surface area contributed by atoms with Crippen LogP contribution in [0.25, 0.3) is 0 Å². The summed E-state index contributed by atoms with van der Waals surface area (Å²) in [6.45, 7) is 2.32. The number of imide groups is 1. The number of hydrogen-bond donors (Lipinski definition) is 2. The lowest BCUT2D eigenvalue weighted by molar-refractivity contribution is -0.120. The third-order valence-electron chi connectivity index (χ3n) is 5.05. The summed E-state index contributed by atoms with van der Waals surface area (Å²) in [6.07, 6.45) is 0. The Morgan fingerprint density at radius 1 is 0.914 bits per heavy atom. The van der Waals surface area contributed by atoms with Crippen molar-refractivity contribution in [2.24, 2.45) is 0 Å². The number of anilines is 3. The molecule has 2 N–H and O–H groups in total. The van der Waals surface area contributed by atoms with Gasteiger partial charge in [-0.3, -0.25) is 14.4 Å². The minimum absolute atomic E-state index is 0.0582. The van der Waals surface area contributed by atoms with Gasteiger partial charge in [0.2, 0.25) is 0 Å². The van der Waals surface area contributed by atoms with Crippen molar-refractivity contribution in [2.75, 3.05) is 22.1 Å². The Morgan fingerprint density at radius 3 is 2.34 bits per heavy atom. The van der Waals surface area contributed by atoms with Crippen LogP contribution >= 0.6 is 34.8 Å². The van der Waals surface area contributed by atoms with Gasteiger partial charge in [0, 0.05) is 11.3 Å². The van der Waals surface area contributed by atoms with E-state index in [0.29, 0.717) is 29.3 Å². The second kappa shape index (κ2) is 10.4. The van der Waals surface area contributed by atoms with Gasteiger partial charge in [-0.15, -0.1) is 0 Å². The third kappa shape index (κ3) is 4.98. The van der Waals surface area contributed by atoms with Gasteiger partial charge in [0.15, 0.2) is 0 Å². The van der Waals surface area contributed by atoms with Crippen LogP contribution in [0.1, 0.15) is 17.3 Å². The van der Waals surface area contributed by atoms with E-state index < -0.39 is 11.8 Å². The predicted octanol–water partition coefficient (Wildman–Crippen LogP) is 6.08. The molecule has 3 amide bonds. The average molecular weight is 531 g/mol. The highest BCUT2D eigenvalue weighted by atomic mass is 35.5. The lowest BCUT2D eigenvalue weighted by Crippen LogP contribution is -2.32. The first-order valence-corrected chi connectivity index (χ1v) is 11.6. The van der Waals surface area contributed by atoms with E-state index in [1.807, 2.05) is 13.0 Å². The average Bonchev–Trinajstić information content (AvgIpc) is 3.06. The Morgan fingerprint density at radius 2 is 1.63 bits per heavy atom. The van der Waals surface area contributed by atoms with Crippen molar-refractivity contribution < 1.29 is 19.1 Å². The van der Waals surface area contributed by atoms with E-state index in [0.717, 1.165) is 4.90 Å². The minimum atomic E-state index is -0.729. The highest BCUT2D eigenvalue weighted by molar-refractivity contribution is 6.54. The van der Waals surface area contributed by atoms with Crippen molar-refractivity contribution in [3.8, 4) is 5.75 Å². The number of nitrogens with zero attached hydrogens (tertiary/aromatic N) is 1.